The van der Waals surface area contributed by atoms with E-state index in [1.165, 1.54) is 0 Å². The van der Waals surface area contributed by atoms with E-state index in [0.29, 0.717) is 12.4 Å². The van der Waals surface area contributed by atoms with Crippen molar-refractivity contribution in [3.05, 3.63) is 30.0 Å². The average Bonchev–Trinajstić information content (AvgIpc) is 2.87. The number of oxazole rings is 1. The molecule has 2 N–H and O–H groups in total. The third-order valence-corrected chi connectivity index (χ3v) is 3.00. The molecule has 3 rings (SSSR count). The van der Waals surface area contributed by atoms with Crippen LogP contribution in [0.15, 0.2) is 28.8 Å². The number of carbonyl (C=O) groups excluding carboxylic acids is 1. The lowest BCUT2D eigenvalue weighted by Gasteiger charge is -2.16. The van der Waals surface area contributed by atoms with Gasteiger partial charge in [0.15, 0.2) is 5.76 Å². The summed E-state index contributed by atoms with van der Waals surface area (Å²) >= 11 is 0. The van der Waals surface area contributed by atoms with Crippen LogP contribution >= 0.6 is 0 Å². The highest BCUT2D eigenvalue weighted by Gasteiger charge is 2.16. The van der Waals surface area contributed by atoms with Gasteiger partial charge in [-0.2, -0.15) is 0 Å². The van der Waals surface area contributed by atoms with Gasteiger partial charge in [-0.1, -0.05) is 0 Å². The zero-order chi connectivity index (χ0) is 12.5. The zero-order valence-corrected chi connectivity index (χ0v) is 9.99. The molecule has 0 unspecified atom stereocenters. The predicted octanol–water partition coefficient (Wildman–Crippen LogP) is 2.27. The number of nitrogens with one attached hydrogen (secondary N) is 2. The fourth-order valence-corrected chi connectivity index (χ4v) is 2.06. The maximum Gasteiger partial charge on any atom is 0.294 e. The minimum Gasteiger partial charge on any atom is -0.424 e. The summed E-state index contributed by atoms with van der Waals surface area (Å²) in [5.41, 5.74) is 3.00. The molecule has 5 nitrogen and oxygen atoms in total. The van der Waals surface area contributed by atoms with Gasteiger partial charge in [0, 0.05) is 24.7 Å². The molecule has 0 spiro atoms. The number of fused-ring (bicyclic) bond motifs is 1. The highest BCUT2D eigenvalue weighted by molar-refractivity contribution is 5.94. The van der Waals surface area contributed by atoms with Crippen LogP contribution in [0.2, 0.25) is 0 Å². The lowest BCUT2D eigenvalue weighted by molar-refractivity contribution is -0.116. The summed E-state index contributed by atoms with van der Waals surface area (Å²) in [7, 11) is 1.76. The van der Waals surface area contributed by atoms with Gasteiger partial charge < -0.3 is 15.1 Å². The van der Waals surface area contributed by atoms with Crippen molar-refractivity contribution < 1.29 is 9.21 Å². The van der Waals surface area contributed by atoms with Crippen LogP contribution in [0, 0.1) is 0 Å². The van der Waals surface area contributed by atoms with Gasteiger partial charge in [0.25, 0.3) is 6.01 Å². The van der Waals surface area contributed by atoms with E-state index < -0.39 is 0 Å². The van der Waals surface area contributed by atoms with Crippen molar-refractivity contribution in [2.75, 3.05) is 17.7 Å². The summed E-state index contributed by atoms with van der Waals surface area (Å²) in [6, 6.07) is 6.36. The first-order valence-corrected chi connectivity index (χ1v) is 5.83. The molecule has 18 heavy (non-hydrogen) atoms. The van der Waals surface area contributed by atoms with E-state index in [1.807, 2.05) is 18.2 Å². The molecule has 0 bridgehead atoms. The van der Waals surface area contributed by atoms with Crippen LogP contribution in [0.5, 0.6) is 0 Å². The van der Waals surface area contributed by atoms with Crippen molar-refractivity contribution in [1.29, 1.82) is 0 Å². The van der Waals surface area contributed by atoms with Crippen LogP contribution in [0.4, 0.5) is 11.7 Å². The number of amides is 1. The van der Waals surface area contributed by atoms with Gasteiger partial charge in [0.2, 0.25) is 5.91 Å². The standard InChI is InChI=1S/C13H13N3O2/c1-14-13-15-7-11(18-13)9-2-4-10-8(6-9)3-5-12(17)16-10/h2,4,6-7H,3,5H2,1H3,(H,14,15)(H,16,17). The number of anilines is 2. The summed E-state index contributed by atoms with van der Waals surface area (Å²) < 4.78 is 5.52. The summed E-state index contributed by atoms with van der Waals surface area (Å²) in [6.45, 7) is 0. The predicted molar refractivity (Wildman–Crippen MR) is 68.4 cm³/mol. The Morgan fingerprint density at radius 1 is 1.39 bits per heavy atom. The molecular weight excluding hydrogens is 230 g/mol. The summed E-state index contributed by atoms with van der Waals surface area (Å²) in [5, 5.41) is 5.71. The molecule has 1 amide bonds. The second-order valence-electron chi connectivity index (χ2n) is 4.20. The monoisotopic (exact) mass is 243 g/mol. The van der Waals surface area contributed by atoms with Gasteiger partial charge in [-0.15, -0.1) is 0 Å². The van der Waals surface area contributed by atoms with Crippen LogP contribution in [-0.4, -0.2) is 17.9 Å². The van der Waals surface area contributed by atoms with Crippen molar-refractivity contribution in [1.82, 2.24) is 4.98 Å². The Kier molecular flexibility index (Phi) is 2.51. The van der Waals surface area contributed by atoms with Gasteiger partial charge in [-0.25, -0.2) is 4.98 Å². The van der Waals surface area contributed by atoms with Gasteiger partial charge >= 0.3 is 0 Å². The molecule has 1 aromatic carbocycles. The van der Waals surface area contributed by atoms with E-state index >= 15 is 0 Å². The van der Waals surface area contributed by atoms with Gasteiger partial charge in [0.05, 0.1) is 6.20 Å². The fraction of sp³-hybridized carbons (Fsp3) is 0.231. The highest BCUT2D eigenvalue weighted by atomic mass is 16.4. The molecular formula is C13H13N3O2. The molecule has 2 heterocycles. The van der Waals surface area contributed by atoms with E-state index in [4.69, 9.17) is 4.42 Å². The normalized spacial score (nSPS) is 13.9. The maximum atomic E-state index is 11.3. The Hall–Kier alpha value is -2.30. The molecule has 1 aromatic heterocycles. The largest absolute Gasteiger partial charge is 0.424 e. The van der Waals surface area contributed by atoms with Crippen molar-refractivity contribution >= 4 is 17.6 Å². The second kappa shape index (κ2) is 4.18. The number of rotatable bonds is 2. The van der Waals surface area contributed by atoms with Crippen molar-refractivity contribution in [3.63, 3.8) is 0 Å². The molecule has 92 valence electrons. The highest BCUT2D eigenvalue weighted by Crippen LogP contribution is 2.29. The van der Waals surface area contributed by atoms with Crippen LogP contribution in [0.25, 0.3) is 11.3 Å². The van der Waals surface area contributed by atoms with Gasteiger partial charge in [0.1, 0.15) is 0 Å². The first-order chi connectivity index (χ1) is 8.76. The van der Waals surface area contributed by atoms with Crippen molar-refractivity contribution in [2.24, 2.45) is 0 Å². The molecule has 5 heteroatoms. The number of nitrogens with zero attached hydrogens (tertiary/aromatic N) is 1. The Bertz CT molecular complexity index is 604. The van der Waals surface area contributed by atoms with Crippen LogP contribution in [0.3, 0.4) is 0 Å². The Labute approximate surface area is 104 Å². The van der Waals surface area contributed by atoms with Gasteiger partial charge in [-0.05, 0) is 30.2 Å². The Morgan fingerprint density at radius 3 is 3.06 bits per heavy atom. The molecule has 0 fully saturated rings. The molecule has 0 radical (unpaired) electrons. The zero-order valence-electron chi connectivity index (χ0n) is 9.99. The van der Waals surface area contributed by atoms with Crippen LogP contribution < -0.4 is 10.6 Å². The first kappa shape index (κ1) is 10.8. The molecule has 1 aliphatic heterocycles. The third kappa shape index (κ3) is 1.84. The Balaban J connectivity index is 1.97. The van der Waals surface area contributed by atoms with Crippen molar-refractivity contribution in [2.45, 2.75) is 12.8 Å². The summed E-state index contributed by atoms with van der Waals surface area (Å²) in [5.74, 6) is 0.798. The number of benzene rings is 1. The smallest absolute Gasteiger partial charge is 0.294 e. The molecule has 0 atom stereocenters. The van der Waals surface area contributed by atoms with E-state index in [-0.39, 0.29) is 5.91 Å². The van der Waals surface area contributed by atoms with Crippen LogP contribution in [-0.2, 0) is 11.2 Å². The van der Waals surface area contributed by atoms with E-state index in [2.05, 4.69) is 15.6 Å². The minimum atomic E-state index is 0.0763. The Morgan fingerprint density at radius 2 is 2.28 bits per heavy atom. The molecule has 0 aliphatic carbocycles. The number of aromatic nitrogens is 1. The maximum absolute atomic E-state index is 11.3. The second-order valence-corrected chi connectivity index (χ2v) is 4.20. The average molecular weight is 243 g/mol. The lowest BCUT2D eigenvalue weighted by atomic mass is 10.00. The quantitative estimate of drug-likeness (QED) is 0.849. The molecule has 2 aromatic rings. The van der Waals surface area contributed by atoms with E-state index in [9.17, 15) is 4.79 Å². The number of carbonyl (C=O) groups is 1. The topological polar surface area (TPSA) is 67.2 Å². The van der Waals surface area contributed by atoms with E-state index in [1.54, 1.807) is 13.2 Å². The fourth-order valence-electron chi connectivity index (χ4n) is 2.06. The molecule has 0 saturated carbocycles. The SMILES string of the molecule is CNc1ncc(-c2ccc3c(c2)CCC(=O)N3)o1. The van der Waals surface area contributed by atoms with E-state index in [0.717, 1.165) is 29.0 Å². The lowest BCUT2D eigenvalue weighted by Crippen LogP contribution is -2.18. The summed E-state index contributed by atoms with van der Waals surface area (Å²) in [6.07, 6.45) is 2.99. The molecule has 0 saturated heterocycles. The number of aryl methyl sites for hydroxylation is 1. The first-order valence-electron chi connectivity index (χ1n) is 5.83. The minimum absolute atomic E-state index is 0.0763. The van der Waals surface area contributed by atoms with Crippen LogP contribution in [0.1, 0.15) is 12.0 Å². The van der Waals surface area contributed by atoms with Crippen molar-refractivity contribution in [3.8, 4) is 11.3 Å². The van der Waals surface area contributed by atoms with Gasteiger partial charge in [-0.3, -0.25) is 4.79 Å². The number of hydrogen-bond donors (Lipinski definition) is 2. The molecule has 1 aliphatic rings. The third-order valence-electron chi connectivity index (χ3n) is 3.00. The number of hydrogen-bond acceptors (Lipinski definition) is 4. The summed E-state index contributed by atoms with van der Waals surface area (Å²) in [4.78, 5) is 15.4.